The zero-order valence-corrected chi connectivity index (χ0v) is 11.1. The van der Waals surface area contributed by atoms with Gasteiger partial charge in [0.25, 0.3) is 0 Å². The summed E-state index contributed by atoms with van der Waals surface area (Å²) in [4.78, 5) is 2.43. The first kappa shape index (κ1) is 13.5. The second-order valence-electron chi connectivity index (χ2n) is 5.19. The van der Waals surface area contributed by atoms with Crippen LogP contribution in [-0.2, 0) is 0 Å². The Hall–Kier alpha value is -0.930. The largest absolute Gasteiger partial charge is 0.329 e. The molecule has 2 nitrogen and oxygen atoms in total. The van der Waals surface area contributed by atoms with Gasteiger partial charge < -0.3 is 5.73 Å². The van der Waals surface area contributed by atoms with Gasteiger partial charge in [0.2, 0.25) is 0 Å². The Morgan fingerprint density at radius 1 is 1.33 bits per heavy atom. The molecule has 1 aromatic carbocycles. The first-order valence-corrected chi connectivity index (χ1v) is 6.94. The van der Waals surface area contributed by atoms with Crippen molar-refractivity contribution in [3.8, 4) is 0 Å². The van der Waals surface area contributed by atoms with Gasteiger partial charge >= 0.3 is 0 Å². The van der Waals surface area contributed by atoms with E-state index < -0.39 is 0 Å². The van der Waals surface area contributed by atoms with E-state index in [0.29, 0.717) is 6.54 Å². The van der Waals surface area contributed by atoms with Crippen LogP contribution in [0.2, 0.25) is 0 Å². The summed E-state index contributed by atoms with van der Waals surface area (Å²) in [6.45, 7) is 4.88. The molecule has 3 heteroatoms. The summed E-state index contributed by atoms with van der Waals surface area (Å²) < 4.78 is 13.0. The van der Waals surface area contributed by atoms with Gasteiger partial charge in [0.05, 0.1) is 0 Å². The number of benzene rings is 1. The SMILES string of the molecule is CCN(CC1CCC1)C(CN)c1ccc(F)cc1. The van der Waals surface area contributed by atoms with E-state index in [9.17, 15) is 4.39 Å². The lowest BCUT2D eigenvalue weighted by Gasteiger charge is -2.36. The highest BCUT2D eigenvalue weighted by atomic mass is 19.1. The third kappa shape index (κ3) is 3.09. The van der Waals surface area contributed by atoms with Crippen LogP contribution in [0, 0.1) is 11.7 Å². The van der Waals surface area contributed by atoms with E-state index in [1.807, 2.05) is 12.1 Å². The van der Waals surface area contributed by atoms with Crippen molar-refractivity contribution in [3.05, 3.63) is 35.6 Å². The second kappa shape index (κ2) is 6.30. The molecule has 0 heterocycles. The molecule has 0 radical (unpaired) electrons. The molecule has 1 fully saturated rings. The molecule has 0 aromatic heterocycles. The molecule has 0 aliphatic heterocycles. The summed E-state index contributed by atoms with van der Waals surface area (Å²) in [5.74, 6) is 0.649. The lowest BCUT2D eigenvalue weighted by atomic mass is 9.84. The van der Waals surface area contributed by atoms with Gasteiger partial charge in [0.1, 0.15) is 5.82 Å². The number of nitrogens with zero attached hydrogens (tertiary/aromatic N) is 1. The van der Waals surface area contributed by atoms with Crippen molar-refractivity contribution in [2.24, 2.45) is 11.7 Å². The van der Waals surface area contributed by atoms with E-state index in [1.165, 1.54) is 31.4 Å². The number of halogens is 1. The first-order chi connectivity index (χ1) is 8.74. The highest BCUT2D eigenvalue weighted by Crippen LogP contribution is 2.30. The Morgan fingerprint density at radius 3 is 2.44 bits per heavy atom. The van der Waals surface area contributed by atoms with Gasteiger partial charge in [-0.2, -0.15) is 0 Å². The fraction of sp³-hybridized carbons (Fsp3) is 0.600. The van der Waals surface area contributed by atoms with Crippen molar-refractivity contribution in [3.63, 3.8) is 0 Å². The lowest BCUT2D eigenvalue weighted by molar-refractivity contribution is 0.141. The smallest absolute Gasteiger partial charge is 0.123 e. The van der Waals surface area contributed by atoms with Crippen molar-refractivity contribution in [2.45, 2.75) is 32.2 Å². The zero-order chi connectivity index (χ0) is 13.0. The van der Waals surface area contributed by atoms with Gasteiger partial charge in [-0.1, -0.05) is 25.5 Å². The van der Waals surface area contributed by atoms with Crippen LogP contribution in [-0.4, -0.2) is 24.5 Å². The summed E-state index contributed by atoms with van der Waals surface area (Å²) >= 11 is 0. The van der Waals surface area contributed by atoms with E-state index >= 15 is 0 Å². The van der Waals surface area contributed by atoms with Gasteiger partial charge in [-0.05, 0) is 43.0 Å². The van der Waals surface area contributed by atoms with Crippen molar-refractivity contribution < 1.29 is 4.39 Å². The minimum Gasteiger partial charge on any atom is -0.329 e. The van der Waals surface area contributed by atoms with E-state index in [4.69, 9.17) is 5.73 Å². The summed E-state index contributed by atoms with van der Waals surface area (Å²) in [7, 11) is 0. The minimum absolute atomic E-state index is 0.184. The molecule has 100 valence electrons. The highest BCUT2D eigenvalue weighted by molar-refractivity contribution is 5.20. The van der Waals surface area contributed by atoms with E-state index in [0.717, 1.165) is 24.6 Å². The topological polar surface area (TPSA) is 29.3 Å². The predicted molar refractivity (Wildman–Crippen MR) is 72.8 cm³/mol. The third-order valence-corrected chi connectivity index (χ3v) is 4.04. The Kier molecular flexibility index (Phi) is 4.72. The number of hydrogen-bond acceptors (Lipinski definition) is 2. The van der Waals surface area contributed by atoms with Gasteiger partial charge in [0.15, 0.2) is 0 Å². The molecular weight excluding hydrogens is 227 g/mol. The van der Waals surface area contributed by atoms with Gasteiger partial charge in [-0.25, -0.2) is 4.39 Å². The molecule has 0 bridgehead atoms. The molecule has 0 spiro atoms. The molecule has 1 aromatic rings. The Labute approximate surface area is 109 Å². The van der Waals surface area contributed by atoms with Crippen molar-refractivity contribution in [2.75, 3.05) is 19.6 Å². The van der Waals surface area contributed by atoms with Crippen molar-refractivity contribution >= 4 is 0 Å². The van der Waals surface area contributed by atoms with Gasteiger partial charge in [0, 0.05) is 19.1 Å². The standard InChI is InChI=1S/C15H23FN2/c1-2-18(11-12-4-3-5-12)15(10-17)13-6-8-14(16)9-7-13/h6-9,12,15H,2-5,10-11,17H2,1H3. The maximum Gasteiger partial charge on any atom is 0.123 e. The fourth-order valence-corrected chi connectivity index (χ4v) is 2.66. The van der Waals surface area contributed by atoms with E-state index in [2.05, 4.69) is 11.8 Å². The zero-order valence-electron chi connectivity index (χ0n) is 11.1. The quantitative estimate of drug-likeness (QED) is 0.841. The molecule has 1 aliphatic carbocycles. The third-order valence-electron chi connectivity index (χ3n) is 4.04. The monoisotopic (exact) mass is 250 g/mol. The summed E-state index contributed by atoms with van der Waals surface area (Å²) in [5.41, 5.74) is 7.04. The van der Waals surface area contributed by atoms with Crippen LogP contribution in [0.5, 0.6) is 0 Å². The first-order valence-electron chi connectivity index (χ1n) is 6.94. The van der Waals surface area contributed by atoms with Crippen LogP contribution in [0.15, 0.2) is 24.3 Å². The molecule has 18 heavy (non-hydrogen) atoms. The van der Waals surface area contributed by atoms with E-state index in [1.54, 1.807) is 0 Å². The molecule has 0 amide bonds. The normalized spacial score (nSPS) is 17.8. The molecule has 1 atom stereocenters. The van der Waals surface area contributed by atoms with Crippen LogP contribution in [0.25, 0.3) is 0 Å². The predicted octanol–water partition coefficient (Wildman–Crippen LogP) is 2.95. The van der Waals surface area contributed by atoms with Crippen LogP contribution in [0.3, 0.4) is 0 Å². The molecular formula is C15H23FN2. The van der Waals surface area contributed by atoms with Crippen LogP contribution in [0.4, 0.5) is 4.39 Å². The molecule has 1 aliphatic rings. The molecule has 1 saturated carbocycles. The fourth-order valence-electron chi connectivity index (χ4n) is 2.66. The number of hydrogen-bond donors (Lipinski definition) is 1. The molecule has 2 N–H and O–H groups in total. The highest BCUT2D eigenvalue weighted by Gasteiger charge is 2.24. The summed E-state index contributed by atoms with van der Waals surface area (Å²) in [6, 6.07) is 6.98. The molecule has 0 saturated heterocycles. The van der Waals surface area contributed by atoms with Crippen LogP contribution >= 0.6 is 0 Å². The molecule has 2 rings (SSSR count). The average Bonchev–Trinajstić information content (AvgIpc) is 2.34. The molecule has 1 unspecified atom stereocenters. The Morgan fingerprint density at radius 2 is 2.00 bits per heavy atom. The number of nitrogens with two attached hydrogens (primary N) is 1. The number of rotatable bonds is 6. The Bertz CT molecular complexity index is 359. The maximum atomic E-state index is 13.0. The van der Waals surface area contributed by atoms with Gasteiger partial charge in [-0.15, -0.1) is 0 Å². The van der Waals surface area contributed by atoms with Crippen LogP contribution < -0.4 is 5.73 Å². The Balaban J connectivity index is 2.06. The number of likely N-dealkylation sites (N-methyl/N-ethyl adjacent to an activating group) is 1. The minimum atomic E-state index is -0.184. The lowest BCUT2D eigenvalue weighted by Crippen LogP contribution is -2.38. The second-order valence-corrected chi connectivity index (χ2v) is 5.19. The maximum absolute atomic E-state index is 13.0. The summed E-state index contributed by atoms with van der Waals surface area (Å²) in [5, 5.41) is 0. The van der Waals surface area contributed by atoms with E-state index in [-0.39, 0.29) is 11.9 Å². The van der Waals surface area contributed by atoms with Crippen molar-refractivity contribution in [1.82, 2.24) is 4.90 Å². The average molecular weight is 250 g/mol. The summed E-state index contributed by atoms with van der Waals surface area (Å²) in [6.07, 6.45) is 4.06. The van der Waals surface area contributed by atoms with Crippen molar-refractivity contribution in [1.29, 1.82) is 0 Å². The van der Waals surface area contributed by atoms with Gasteiger partial charge in [-0.3, -0.25) is 4.90 Å². The van der Waals surface area contributed by atoms with Crippen LogP contribution in [0.1, 0.15) is 37.8 Å².